The highest BCUT2D eigenvalue weighted by Crippen LogP contribution is 2.13. The highest BCUT2D eigenvalue weighted by molar-refractivity contribution is 5.50. The second-order valence-electron chi connectivity index (χ2n) is 9.36. The molecule has 2 rings (SSSR count). The van der Waals surface area contributed by atoms with Crippen molar-refractivity contribution < 1.29 is 4.74 Å². The first-order valence-corrected chi connectivity index (χ1v) is 12.6. The zero-order valence-electron chi connectivity index (χ0n) is 23.4. The Balaban J connectivity index is 0.000000362. The summed E-state index contributed by atoms with van der Waals surface area (Å²) in [5, 5.41) is 20.6. The average Bonchev–Trinajstić information content (AvgIpc) is 2.84. The summed E-state index contributed by atoms with van der Waals surface area (Å²) in [6.07, 6.45) is 7.30. The van der Waals surface area contributed by atoms with Crippen LogP contribution in [-0.2, 0) is 0 Å². The number of ether oxygens (including phenoxy) is 1. The Morgan fingerprint density at radius 2 is 0.972 bits per heavy atom. The SMILES string of the molecule is CC(C)N(N=NC=Cc1ccccc1)C(C)C.COc1ccc(/C=C\N=NN(C(C)C)C(C)C)cc1. The molecule has 0 aromatic heterocycles. The third-order valence-corrected chi connectivity index (χ3v) is 5.01. The molecule has 0 heterocycles. The lowest BCUT2D eigenvalue weighted by atomic mass is 10.2. The van der Waals surface area contributed by atoms with E-state index in [0.29, 0.717) is 24.2 Å². The van der Waals surface area contributed by atoms with Crippen molar-refractivity contribution >= 4 is 12.2 Å². The molecule has 0 spiro atoms. The van der Waals surface area contributed by atoms with Gasteiger partial charge >= 0.3 is 0 Å². The highest BCUT2D eigenvalue weighted by Gasteiger charge is 2.10. The minimum absolute atomic E-state index is 0.345. The normalized spacial score (nSPS) is 12.0. The monoisotopic (exact) mass is 492 g/mol. The molecule has 0 fully saturated rings. The van der Waals surface area contributed by atoms with Crippen LogP contribution in [0.1, 0.15) is 66.5 Å². The molecule has 0 N–H and O–H groups in total. The second kappa shape index (κ2) is 17.0. The number of nitrogens with zero attached hydrogens (tertiary/aromatic N) is 6. The molecule has 0 radical (unpaired) electrons. The molecular weight excluding hydrogens is 448 g/mol. The zero-order chi connectivity index (χ0) is 26.9. The average molecular weight is 493 g/mol. The summed E-state index contributed by atoms with van der Waals surface area (Å²) in [4.78, 5) is 0. The fourth-order valence-corrected chi connectivity index (χ4v) is 3.30. The third kappa shape index (κ3) is 12.3. The van der Waals surface area contributed by atoms with Crippen LogP contribution in [0, 0.1) is 0 Å². The van der Waals surface area contributed by atoms with Gasteiger partial charge in [0.05, 0.1) is 19.5 Å². The summed E-state index contributed by atoms with van der Waals surface area (Å²) in [5.41, 5.74) is 2.20. The molecule has 0 atom stereocenters. The zero-order valence-corrected chi connectivity index (χ0v) is 23.4. The Hall–Kier alpha value is -3.48. The van der Waals surface area contributed by atoms with Crippen molar-refractivity contribution in [2.24, 2.45) is 20.7 Å². The van der Waals surface area contributed by atoms with E-state index < -0.39 is 0 Å². The first-order valence-electron chi connectivity index (χ1n) is 12.6. The molecule has 0 amide bonds. The highest BCUT2D eigenvalue weighted by atomic mass is 16.5. The molecule has 0 bridgehead atoms. The van der Waals surface area contributed by atoms with Crippen LogP contribution in [0.3, 0.4) is 0 Å². The summed E-state index contributed by atoms with van der Waals surface area (Å²) >= 11 is 0. The van der Waals surface area contributed by atoms with E-state index in [4.69, 9.17) is 4.74 Å². The van der Waals surface area contributed by atoms with Gasteiger partial charge < -0.3 is 4.74 Å². The van der Waals surface area contributed by atoms with Gasteiger partial charge in [-0.05, 0) is 90.8 Å². The van der Waals surface area contributed by atoms with Gasteiger partial charge in [0.15, 0.2) is 0 Å². The van der Waals surface area contributed by atoms with E-state index in [1.54, 1.807) is 19.5 Å². The minimum Gasteiger partial charge on any atom is -0.497 e. The summed E-state index contributed by atoms with van der Waals surface area (Å²) in [5.74, 6) is 0.851. The lowest BCUT2D eigenvalue weighted by Crippen LogP contribution is -2.31. The Morgan fingerprint density at radius 3 is 1.33 bits per heavy atom. The molecule has 0 unspecified atom stereocenters. The predicted octanol–water partition coefficient (Wildman–Crippen LogP) is 8.30. The number of benzene rings is 2. The fourth-order valence-electron chi connectivity index (χ4n) is 3.30. The van der Waals surface area contributed by atoms with Crippen molar-refractivity contribution in [1.29, 1.82) is 0 Å². The number of rotatable bonds is 11. The van der Waals surface area contributed by atoms with Gasteiger partial charge in [-0.2, -0.15) is 0 Å². The number of methoxy groups -OCH3 is 1. The van der Waals surface area contributed by atoms with Gasteiger partial charge in [-0.25, -0.2) is 0 Å². The van der Waals surface area contributed by atoms with Crippen LogP contribution in [-0.4, -0.2) is 41.3 Å². The Morgan fingerprint density at radius 1 is 0.583 bits per heavy atom. The smallest absolute Gasteiger partial charge is 0.118 e. The number of hydrogen-bond acceptors (Lipinski definition) is 5. The van der Waals surface area contributed by atoms with Crippen LogP contribution >= 0.6 is 0 Å². The van der Waals surface area contributed by atoms with E-state index in [2.05, 4.69) is 76.1 Å². The van der Waals surface area contributed by atoms with Gasteiger partial charge in [0, 0.05) is 24.2 Å². The summed E-state index contributed by atoms with van der Waals surface area (Å²) in [6, 6.07) is 19.3. The number of hydrogen-bond donors (Lipinski definition) is 0. The summed E-state index contributed by atoms with van der Waals surface area (Å²) < 4.78 is 5.11. The van der Waals surface area contributed by atoms with E-state index in [0.717, 1.165) is 16.9 Å². The molecule has 196 valence electrons. The topological polar surface area (TPSA) is 65.1 Å². The van der Waals surface area contributed by atoms with E-state index in [1.807, 2.05) is 76.8 Å². The van der Waals surface area contributed by atoms with Gasteiger partial charge in [-0.3, -0.25) is 10.0 Å². The van der Waals surface area contributed by atoms with Gasteiger partial charge in [0.2, 0.25) is 0 Å². The molecule has 0 saturated carbocycles. The quantitative estimate of drug-likeness (QED) is 0.234. The summed E-state index contributed by atoms with van der Waals surface area (Å²) in [7, 11) is 1.66. The van der Waals surface area contributed by atoms with Gasteiger partial charge in [0.1, 0.15) is 5.75 Å². The maximum atomic E-state index is 5.11. The van der Waals surface area contributed by atoms with Crippen molar-refractivity contribution in [3.05, 3.63) is 78.1 Å². The molecule has 2 aromatic rings. The van der Waals surface area contributed by atoms with Crippen molar-refractivity contribution in [3.8, 4) is 5.75 Å². The molecule has 0 saturated heterocycles. The Kier molecular flexibility index (Phi) is 14.5. The predicted molar refractivity (Wildman–Crippen MR) is 151 cm³/mol. The van der Waals surface area contributed by atoms with E-state index in [1.165, 1.54) is 0 Å². The minimum atomic E-state index is 0.345. The van der Waals surface area contributed by atoms with Crippen molar-refractivity contribution in [2.75, 3.05) is 7.11 Å². The van der Waals surface area contributed by atoms with Crippen LogP contribution in [0.5, 0.6) is 5.75 Å². The van der Waals surface area contributed by atoms with Gasteiger partial charge in [-0.1, -0.05) is 52.9 Å². The molecule has 0 aliphatic heterocycles. The van der Waals surface area contributed by atoms with Crippen LogP contribution < -0.4 is 4.74 Å². The second-order valence-corrected chi connectivity index (χ2v) is 9.36. The molecule has 36 heavy (non-hydrogen) atoms. The van der Waals surface area contributed by atoms with Crippen molar-refractivity contribution in [1.82, 2.24) is 10.0 Å². The van der Waals surface area contributed by atoms with Crippen molar-refractivity contribution in [3.63, 3.8) is 0 Å². The maximum Gasteiger partial charge on any atom is 0.118 e. The first-order chi connectivity index (χ1) is 17.1. The van der Waals surface area contributed by atoms with E-state index >= 15 is 0 Å². The Bertz CT molecular complexity index is 931. The van der Waals surface area contributed by atoms with Crippen LogP contribution in [0.2, 0.25) is 0 Å². The molecule has 0 aliphatic rings. The molecule has 7 nitrogen and oxygen atoms in total. The largest absolute Gasteiger partial charge is 0.497 e. The maximum absolute atomic E-state index is 5.11. The molecule has 2 aromatic carbocycles. The van der Waals surface area contributed by atoms with Crippen LogP contribution in [0.15, 0.2) is 87.7 Å². The van der Waals surface area contributed by atoms with Crippen LogP contribution in [0.4, 0.5) is 0 Å². The molecule has 0 aliphatic carbocycles. The molecular formula is C29H44N6O. The standard InChI is InChI=1S/C15H23N3O.C14H21N3/c1-12(2)18(13(3)4)17-16-11-10-14-6-8-15(19-5)9-7-14;1-12(2)17(13(3)4)16-15-11-10-14-8-6-5-7-9-14/h6-13H,1-5H3;5-13H,1-4H3/b11-10-,17-16?;. The van der Waals surface area contributed by atoms with E-state index in [9.17, 15) is 0 Å². The summed E-state index contributed by atoms with van der Waals surface area (Å²) in [6.45, 7) is 16.9. The molecule has 7 heteroatoms. The lowest BCUT2D eigenvalue weighted by Gasteiger charge is -2.25. The third-order valence-electron chi connectivity index (χ3n) is 5.01. The Labute approximate surface area is 218 Å². The van der Waals surface area contributed by atoms with Gasteiger partial charge in [0.25, 0.3) is 0 Å². The van der Waals surface area contributed by atoms with Crippen molar-refractivity contribution in [2.45, 2.75) is 79.6 Å². The van der Waals surface area contributed by atoms with E-state index in [-0.39, 0.29) is 0 Å². The first kappa shape index (κ1) is 30.6. The lowest BCUT2D eigenvalue weighted by molar-refractivity contribution is 0.169. The van der Waals surface area contributed by atoms with Crippen LogP contribution in [0.25, 0.3) is 12.2 Å². The fraction of sp³-hybridized carbons (Fsp3) is 0.448. The van der Waals surface area contributed by atoms with Gasteiger partial charge in [-0.15, -0.1) is 10.2 Å².